The van der Waals surface area contributed by atoms with Crippen molar-refractivity contribution < 1.29 is 20.1 Å². The minimum atomic E-state index is -0.144. The molecule has 0 aliphatic heterocycles. The summed E-state index contributed by atoms with van der Waals surface area (Å²) >= 11 is 0. The molecule has 1 aromatic carbocycles. The fraction of sp³-hybridized carbons (Fsp3) is 0.364. The van der Waals surface area contributed by atoms with Crippen LogP contribution in [0.1, 0.15) is 53.2 Å². The predicted molar refractivity (Wildman–Crippen MR) is 105 cm³/mol. The third kappa shape index (κ3) is 5.06. The third-order valence-electron chi connectivity index (χ3n) is 3.99. The molecule has 27 heavy (non-hydrogen) atoms. The minimum absolute atomic E-state index is 0. The molecule has 0 saturated carbocycles. The number of aromatic nitrogens is 4. The van der Waals surface area contributed by atoms with Gasteiger partial charge >= 0.3 is 0 Å². The summed E-state index contributed by atoms with van der Waals surface area (Å²) in [6.45, 7) is 12.7. The summed E-state index contributed by atoms with van der Waals surface area (Å²) in [6, 6.07) is 15.1. The van der Waals surface area contributed by atoms with Crippen LogP contribution < -0.4 is 0 Å². The second-order valence-electron chi connectivity index (χ2n) is 8.51. The molecule has 4 nitrogen and oxygen atoms in total. The summed E-state index contributed by atoms with van der Waals surface area (Å²) in [5.41, 5.74) is 2.50. The molecule has 143 valence electrons. The fourth-order valence-electron chi connectivity index (χ4n) is 2.42. The normalized spacial score (nSPS) is 11.8. The van der Waals surface area contributed by atoms with Crippen LogP contribution in [0.2, 0.25) is 0 Å². The number of benzene rings is 1. The topological polar surface area (TPSA) is 51.6 Å². The van der Waals surface area contributed by atoms with Gasteiger partial charge in [0, 0.05) is 37.1 Å². The number of nitrogens with zero attached hydrogens (tertiary/aromatic N) is 4. The van der Waals surface area contributed by atoms with Crippen LogP contribution in [0.15, 0.2) is 42.6 Å². The zero-order valence-corrected chi connectivity index (χ0v) is 19.1. The van der Waals surface area contributed by atoms with Crippen molar-refractivity contribution in [2.45, 2.75) is 52.4 Å². The monoisotopic (exact) mass is 538 g/mol. The van der Waals surface area contributed by atoms with Crippen molar-refractivity contribution in [3.63, 3.8) is 0 Å². The van der Waals surface area contributed by atoms with E-state index in [1.807, 2.05) is 36.4 Å². The van der Waals surface area contributed by atoms with E-state index in [1.165, 1.54) is 0 Å². The molecule has 3 aromatic rings. The molecule has 2 heterocycles. The van der Waals surface area contributed by atoms with Gasteiger partial charge in [0.25, 0.3) is 0 Å². The van der Waals surface area contributed by atoms with Gasteiger partial charge < -0.3 is 4.98 Å². The molecule has 0 aliphatic carbocycles. The first-order chi connectivity index (χ1) is 12.1. The molecule has 0 amide bonds. The Morgan fingerprint density at radius 2 is 1.41 bits per heavy atom. The van der Waals surface area contributed by atoms with Gasteiger partial charge in [-0.2, -0.15) is 0 Å². The van der Waals surface area contributed by atoms with Gasteiger partial charge in [-0.05, 0) is 11.8 Å². The van der Waals surface area contributed by atoms with E-state index >= 15 is 0 Å². The van der Waals surface area contributed by atoms with Crippen molar-refractivity contribution >= 4 is 0 Å². The van der Waals surface area contributed by atoms with Crippen LogP contribution in [0.3, 0.4) is 0 Å². The molecular formula is C22H25IrN4-. The van der Waals surface area contributed by atoms with Gasteiger partial charge in [-0.1, -0.05) is 59.2 Å². The third-order valence-corrected chi connectivity index (χ3v) is 3.99. The first kappa shape index (κ1) is 21.3. The molecule has 1 radical (unpaired) electrons. The van der Waals surface area contributed by atoms with Crippen LogP contribution in [-0.4, -0.2) is 19.9 Å². The van der Waals surface area contributed by atoms with E-state index in [9.17, 15) is 0 Å². The van der Waals surface area contributed by atoms with Gasteiger partial charge in [-0.15, -0.1) is 29.8 Å². The maximum atomic E-state index is 4.73. The average molecular weight is 538 g/mol. The Morgan fingerprint density at radius 3 is 1.85 bits per heavy atom. The largest absolute Gasteiger partial charge is 0.305 e. The second kappa shape index (κ2) is 7.95. The van der Waals surface area contributed by atoms with Crippen molar-refractivity contribution in [1.82, 2.24) is 19.9 Å². The van der Waals surface area contributed by atoms with Crippen LogP contribution >= 0.6 is 0 Å². The first-order valence-corrected chi connectivity index (χ1v) is 8.85. The Morgan fingerprint density at radius 1 is 0.778 bits per heavy atom. The molecule has 0 bridgehead atoms. The summed E-state index contributed by atoms with van der Waals surface area (Å²) in [7, 11) is 0. The standard InChI is InChI=1S/C22H25N4.Ir/c1-21(2,3)19-24-18(25-20(26-19)22(4,5)6)16-12-10-15(11-13-16)17-9-7-8-14-23-17;/h7-10,12-14H,1-6H3;/q-1;. The number of hydrogen-bond acceptors (Lipinski definition) is 4. The van der Waals surface area contributed by atoms with Crippen LogP contribution in [0.4, 0.5) is 0 Å². The van der Waals surface area contributed by atoms with Crippen LogP contribution in [0, 0.1) is 6.07 Å². The zero-order chi connectivity index (χ0) is 18.9. The Bertz CT molecular complexity index is 860. The Hall–Kier alpha value is -1.97. The maximum absolute atomic E-state index is 4.73. The van der Waals surface area contributed by atoms with Gasteiger partial charge in [0.1, 0.15) is 17.5 Å². The first-order valence-electron chi connectivity index (χ1n) is 8.85. The second-order valence-corrected chi connectivity index (χ2v) is 8.51. The number of rotatable bonds is 2. The molecule has 3 rings (SSSR count). The summed E-state index contributed by atoms with van der Waals surface area (Å²) in [5, 5.41) is 0. The van der Waals surface area contributed by atoms with Crippen molar-refractivity contribution in [2.24, 2.45) is 0 Å². The molecule has 0 saturated heterocycles. The van der Waals surface area contributed by atoms with Crippen molar-refractivity contribution in [1.29, 1.82) is 0 Å². The molecule has 5 heteroatoms. The number of pyridine rings is 1. The van der Waals surface area contributed by atoms with Crippen molar-refractivity contribution in [3.05, 3.63) is 60.3 Å². The van der Waals surface area contributed by atoms with Gasteiger partial charge in [0.2, 0.25) is 0 Å². The zero-order valence-electron chi connectivity index (χ0n) is 16.7. The van der Waals surface area contributed by atoms with E-state index in [-0.39, 0.29) is 30.9 Å². The van der Waals surface area contributed by atoms with E-state index < -0.39 is 0 Å². The minimum Gasteiger partial charge on any atom is -0.305 e. The van der Waals surface area contributed by atoms with E-state index in [0.717, 1.165) is 28.5 Å². The molecule has 0 N–H and O–H groups in total. The van der Waals surface area contributed by atoms with Crippen LogP contribution in [0.5, 0.6) is 0 Å². The SMILES string of the molecule is CC(C)(C)c1nc(-c2c[c-]c(-c3ccccn3)cc2)nc(C(C)(C)C)n1.[Ir]. The molecule has 0 aliphatic rings. The Labute approximate surface area is 175 Å². The van der Waals surface area contributed by atoms with Crippen LogP contribution in [-0.2, 0) is 30.9 Å². The van der Waals surface area contributed by atoms with Crippen molar-refractivity contribution in [3.8, 4) is 22.6 Å². The van der Waals surface area contributed by atoms with E-state index in [1.54, 1.807) is 6.20 Å². The quantitative estimate of drug-likeness (QED) is 0.432. The van der Waals surface area contributed by atoms with E-state index in [2.05, 4.69) is 52.6 Å². The molecule has 0 spiro atoms. The number of hydrogen-bond donors (Lipinski definition) is 0. The molecule has 2 aromatic heterocycles. The smallest absolute Gasteiger partial charge is 0.137 e. The van der Waals surface area contributed by atoms with E-state index in [4.69, 9.17) is 15.0 Å². The summed E-state index contributed by atoms with van der Waals surface area (Å²) in [6.07, 6.45) is 1.79. The summed E-state index contributed by atoms with van der Waals surface area (Å²) in [5.74, 6) is 2.31. The molecular weight excluding hydrogens is 512 g/mol. The van der Waals surface area contributed by atoms with Gasteiger partial charge in [0.05, 0.1) is 0 Å². The van der Waals surface area contributed by atoms with Gasteiger partial charge in [-0.3, -0.25) is 0 Å². The van der Waals surface area contributed by atoms with Crippen LogP contribution in [0.25, 0.3) is 22.6 Å². The van der Waals surface area contributed by atoms with Crippen molar-refractivity contribution in [2.75, 3.05) is 0 Å². The van der Waals surface area contributed by atoms with Gasteiger partial charge in [-0.25, -0.2) is 15.0 Å². The van der Waals surface area contributed by atoms with E-state index in [0.29, 0.717) is 5.82 Å². The molecule has 0 fully saturated rings. The molecule has 0 unspecified atom stereocenters. The Balaban J connectivity index is 0.00000261. The summed E-state index contributed by atoms with van der Waals surface area (Å²) in [4.78, 5) is 18.6. The Kier molecular flexibility index (Phi) is 6.28. The maximum Gasteiger partial charge on any atom is 0.137 e. The average Bonchev–Trinajstić information content (AvgIpc) is 2.61. The molecule has 0 atom stereocenters. The summed E-state index contributed by atoms with van der Waals surface area (Å²) < 4.78 is 0. The van der Waals surface area contributed by atoms with Gasteiger partial charge in [0.15, 0.2) is 0 Å². The predicted octanol–water partition coefficient (Wildman–Crippen LogP) is 4.99. The fourth-order valence-corrected chi connectivity index (χ4v) is 2.42.